The number of carbonyl (C=O) groups excluding carboxylic acids is 1. The number of carbonyl (C=O) groups is 1. The predicted octanol–water partition coefficient (Wildman–Crippen LogP) is 4.34. The number of H-pyrrole nitrogens is 1. The molecular weight excluding hydrogens is 353 g/mol. The summed E-state index contributed by atoms with van der Waals surface area (Å²) in [6.07, 6.45) is -2.05. The third-order valence-electron chi connectivity index (χ3n) is 3.41. The highest BCUT2D eigenvalue weighted by Crippen LogP contribution is 2.36. The summed E-state index contributed by atoms with van der Waals surface area (Å²) >= 11 is 1.53. The number of benzene rings is 1. The Balaban J connectivity index is 1.88. The lowest BCUT2D eigenvalue weighted by molar-refractivity contribution is -0.136. The van der Waals surface area contributed by atoms with Crippen LogP contribution in [-0.2, 0) is 6.18 Å². The fourth-order valence-corrected chi connectivity index (χ4v) is 2.90. The van der Waals surface area contributed by atoms with E-state index in [-0.39, 0.29) is 22.2 Å². The molecule has 0 fully saturated rings. The van der Waals surface area contributed by atoms with Gasteiger partial charge in [-0.25, -0.2) is 4.98 Å². The van der Waals surface area contributed by atoms with Gasteiger partial charge < -0.3 is 5.32 Å². The molecule has 0 radical (unpaired) electrons. The van der Waals surface area contributed by atoms with E-state index in [2.05, 4.69) is 20.5 Å². The summed E-state index contributed by atoms with van der Waals surface area (Å²) in [5.41, 5.74) is -0.375. The molecule has 0 aliphatic carbocycles. The molecule has 0 saturated heterocycles. The Hall–Kier alpha value is -2.55. The second kappa shape index (κ2) is 6.75. The first-order chi connectivity index (χ1) is 11.9. The van der Waals surface area contributed by atoms with Gasteiger partial charge >= 0.3 is 6.18 Å². The van der Waals surface area contributed by atoms with Crippen molar-refractivity contribution in [2.75, 3.05) is 11.1 Å². The molecule has 130 valence electrons. The number of thioether (sulfide) groups is 1. The van der Waals surface area contributed by atoms with Gasteiger partial charge in [-0.05, 0) is 30.0 Å². The van der Waals surface area contributed by atoms with Crippen LogP contribution >= 0.6 is 11.8 Å². The number of pyridine rings is 1. The van der Waals surface area contributed by atoms with Gasteiger partial charge in [-0.2, -0.15) is 18.3 Å². The molecule has 0 unspecified atom stereocenters. The number of anilines is 1. The summed E-state index contributed by atoms with van der Waals surface area (Å²) in [5, 5.41) is 9.32. The van der Waals surface area contributed by atoms with Crippen molar-refractivity contribution in [3.05, 3.63) is 47.8 Å². The van der Waals surface area contributed by atoms with Crippen LogP contribution in [0.25, 0.3) is 10.9 Å². The van der Waals surface area contributed by atoms with Crippen LogP contribution < -0.4 is 5.32 Å². The van der Waals surface area contributed by atoms with Crippen LogP contribution in [0.3, 0.4) is 0 Å². The highest BCUT2D eigenvalue weighted by atomic mass is 32.2. The molecule has 3 aromatic rings. The standard InChI is InChI=1S/C16H13F3N4OS/c1-2-25-14-4-3-9(7-20-14)15(24)22-10-5-12(16(17,18)19)11-8-21-23-13(11)6-10/h3-8H,2H2,1H3,(H,21,23)(H,22,24). The van der Waals surface area contributed by atoms with E-state index in [9.17, 15) is 18.0 Å². The predicted molar refractivity (Wildman–Crippen MR) is 89.7 cm³/mol. The zero-order chi connectivity index (χ0) is 18.0. The van der Waals surface area contributed by atoms with Crippen molar-refractivity contribution >= 4 is 34.3 Å². The lowest BCUT2D eigenvalue weighted by Gasteiger charge is -2.11. The second-order valence-corrected chi connectivity index (χ2v) is 6.41. The van der Waals surface area contributed by atoms with Crippen LogP contribution in [-0.4, -0.2) is 26.8 Å². The molecule has 25 heavy (non-hydrogen) atoms. The third-order valence-corrected chi connectivity index (χ3v) is 4.24. The van der Waals surface area contributed by atoms with E-state index in [4.69, 9.17) is 0 Å². The zero-order valence-corrected chi connectivity index (χ0v) is 13.8. The number of rotatable bonds is 4. The maximum atomic E-state index is 13.2. The molecule has 9 heteroatoms. The lowest BCUT2D eigenvalue weighted by Crippen LogP contribution is -2.13. The number of nitrogens with zero attached hydrogens (tertiary/aromatic N) is 2. The van der Waals surface area contributed by atoms with Crippen molar-refractivity contribution in [3.63, 3.8) is 0 Å². The van der Waals surface area contributed by atoms with E-state index in [0.717, 1.165) is 23.0 Å². The first-order valence-electron chi connectivity index (χ1n) is 7.33. The van der Waals surface area contributed by atoms with Crippen LogP contribution in [0, 0.1) is 0 Å². The first-order valence-corrected chi connectivity index (χ1v) is 8.31. The van der Waals surface area contributed by atoms with Gasteiger partial charge in [0, 0.05) is 17.3 Å². The number of amides is 1. The largest absolute Gasteiger partial charge is 0.417 e. The average Bonchev–Trinajstić information content (AvgIpc) is 3.02. The summed E-state index contributed by atoms with van der Waals surface area (Å²) in [6.45, 7) is 1.98. The fraction of sp³-hybridized carbons (Fsp3) is 0.188. The lowest BCUT2D eigenvalue weighted by atomic mass is 10.1. The van der Waals surface area contributed by atoms with Crippen molar-refractivity contribution < 1.29 is 18.0 Å². The number of halogens is 3. The Kier molecular flexibility index (Phi) is 4.67. The molecule has 0 bridgehead atoms. The Morgan fingerprint density at radius 1 is 1.28 bits per heavy atom. The number of alkyl halides is 3. The third kappa shape index (κ3) is 3.76. The zero-order valence-electron chi connectivity index (χ0n) is 13.0. The maximum Gasteiger partial charge on any atom is 0.417 e. The van der Waals surface area contributed by atoms with Crippen molar-refractivity contribution in [2.24, 2.45) is 0 Å². The van der Waals surface area contributed by atoms with Gasteiger partial charge in [-0.15, -0.1) is 11.8 Å². The number of aromatic nitrogens is 3. The molecule has 0 aliphatic rings. The van der Waals surface area contributed by atoms with E-state index in [1.165, 1.54) is 24.0 Å². The van der Waals surface area contributed by atoms with Gasteiger partial charge in [0.25, 0.3) is 5.91 Å². The molecule has 3 rings (SSSR count). The molecule has 1 aromatic carbocycles. The summed E-state index contributed by atoms with van der Waals surface area (Å²) in [7, 11) is 0. The highest BCUT2D eigenvalue weighted by molar-refractivity contribution is 7.99. The molecule has 0 aliphatic heterocycles. The van der Waals surface area contributed by atoms with Gasteiger partial charge in [-0.1, -0.05) is 6.92 Å². The molecule has 0 atom stereocenters. The Morgan fingerprint density at radius 3 is 2.72 bits per heavy atom. The van der Waals surface area contributed by atoms with E-state index in [1.54, 1.807) is 12.1 Å². The number of nitrogens with one attached hydrogen (secondary N) is 2. The summed E-state index contributed by atoms with van der Waals surface area (Å²) in [4.78, 5) is 16.4. The quantitative estimate of drug-likeness (QED) is 0.674. The second-order valence-electron chi connectivity index (χ2n) is 5.13. The van der Waals surface area contributed by atoms with Crippen molar-refractivity contribution in [3.8, 4) is 0 Å². The van der Waals surface area contributed by atoms with Crippen LogP contribution in [0.5, 0.6) is 0 Å². The number of fused-ring (bicyclic) bond motifs is 1. The van der Waals surface area contributed by atoms with Crippen molar-refractivity contribution in [1.29, 1.82) is 0 Å². The molecular formula is C16H13F3N4OS. The van der Waals surface area contributed by atoms with Crippen molar-refractivity contribution in [2.45, 2.75) is 18.1 Å². The Bertz CT molecular complexity index is 906. The monoisotopic (exact) mass is 366 g/mol. The van der Waals surface area contributed by atoms with Gasteiger partial charge in [0.2, 0.25) is 0 Å². The number of hydrogen-bond acceptors (Lipinski definition) is 4. The van der Waals surface area contributed by atoms with Crippen LogP contribution in [0.4, 0.5) is 18.9 Å². The summed E-state index contributed by atoms with van der Waals surface area (Å²) < 4.78 is 39.6. The number of aromatic amines is 1. The minimum Gasteiger partial charge on any atom is -0.322 e. The molecule has 0 saturated carbocycles. The minimum absolute atomic E-state index is 0.0288. The van der Waals surface area contributed by atoms with E-state index in [1.807, 2.05) is 6.92 Å². The molecule has 2 heterocycles. The maximum absolute atomic E-state index is 13.2. The summed E-state index contributed by atoms with van der Waals surface area (Å²) in [6, 6.07) is 5.58. The molecule has 0 spiro atoms. The normalized spacial score (nSPS) is 11.7. The molecule has 1 amide bonds. The number of hydrogen-bond donors (Lipinski definition) is 2. The van der Waals surface area contributed by atoms with E-state index >= 15 is 0 Å². The summed E-state index contributed by atoms with van der Waals surface area (Å²) in [5.74, 6) is 0.315. The van der Waals surface area contributed by atoms with Gasteiger partial charge in [0.05, 0.1) is 27.9 Å². The highest BCUT2D eigenvalue weighted by Gasteiger charge is 2.33. The average molecular weight is 366 g/mol. The topological polar surface area (TPSA) is 70.7 Å². The van der Waals surface area contributed by atoms with Gasteiger partial charge in [0.15, 0.2) is 0 Å². The fourth-order valence-electron chi connectivity index (χ4n) is 2.31. The Morgan fingerprint density at radius 2 is 2.08 bits per heavy atom. The van der Waals surface area contributed by atoms with E-state index < -0.39 is 17.6 Å². The van der Waals surface area contributed by atoms with Crippen LogP contribution in [0.15, 0.2) is 41.7 Å². The Labute approximate surface area is 145 Å². The van der Waals surface area contributed by atoms with Crippen LogP contribution in [0.1, 0.15) is 22.8 Å². The SMILES string of the molecule is CCSc1ccc(C(=O)Nc2cc(C(F)(F)F)c3cn[nH]c3c2)cn1. The first kappa shape index (κ1) is 17.3. The minimum atomic E-state index is -4.55. The van der Waals surface area contributed by atoms with Gasteiger partial charge in [0.1, 0.15) is 0 Å². The van der Waals surface area contributed by atoms with Crippen LogP contribution in [0.2, 0.25) is 0 Å². The smallest absolute Gasteiger partial charge is 0.322 e. The molecule has 2 aromatic heterocycles. The van der Waals surface area contributed by atoms with E-state index in [0.29, 0.717) is 0 Å². The van der Waals surface area contributed by atoms with Crippen molar-refractivity contribution in [1.82, 2.24) is 15.2 Å². The molecule has 5 nitrogen and oxygen atoms in total. The molecule has 2 N–H and O–H groups in total. The van der Waals surface area contributed by atoms with Gasteiger partial charge in [-0.3, -0.25) is 9.89 Å².